The summed E-state index contributed by atoms with van der Waals surface area (Å²) in [7, 11) is 0. The average molecular weight is 394 g/mol. The van der Waals surface area contributed by atoms with Gasteiger partial charge in [-0.05, 0) is 42.8 Å². The van der Waals surface area contributed by atoms with Crippen LogP contribution in [0.3, 0.4) is 0 Å². The van der Waals surface area contributed by atoms with E-state index in [0.717, 1.165) is 39.0 Å². The van der Waals surface area contributed by atoms with Crippen LogP contribution in [0.1, 0.15) is 11.3 Å². The number of aromatic nitrogens is 7. The average Bonchev–Trinajstić information content (AvgIpc) is 3.29. The van der Waals surface area contributed by atoms with Crippen LogP contribution < -0.4 is 5.73 Å². The minimum absolute atomic E-state index is 0.344. The fraction of sp³-hybridized carbons (Fsp3) is 0.0909. The SMILES string of the molecule is Cc1ccc(-c2nc(N)c(-c3nn[nH]n3)cc2-c2ccc3ncnc(C)c3c2)cc1. The molecule has 0 aliphatic heterocycles. The number of anilines is 1. The first-order valence-electron chi connectivity index (χ1n) is 9.43. The maximum atomic E-state index is 6.29. The molecule has 0 aliphatic rings. The van der Waals surface area contributed by atoms with E-state index < -0.39 is 0 Å². The van der Waals surface area contributed by atoms with Crippen LogP contribution in [-0.2, 0) is 0 Å². The molecule has 8 nitrogen and oxygen atoms in total. The molecule has 0 amide bonds. The summed E-state index contributed by atoms with van der Waals surface area (Å²) in [6, 6.07) is 16.3. The van der Waals surface area contributed by atoms with Crippen LogP contribution in [0.25, 0.3) is 44.7 Å². The largest absolute Gasteiger partial charge is 0.383 e. The number of hydrogen-bond acceptors (Lipinski definition) is 7. The number of nitrogens with two attached hydrogens (primary N) is 1. The van der Waals surface area contributed by atoms with E-state index in [1.165, 1.54) is 5.56 Å². The smallest absolute Gasteiger partial charge is 0.208 e. The first kappa shape index (κ1) is 17.9. The van der Waals surface area contributed by atoms with Crippen LogP contribution in [0.5, 0.6) is 0 Å². The zero-order chi connectivity index (χ0) is 20.7. The molecule has 3 N–H and O–H groups in total. The van der Waals surface area contributed by atoms with Crippen molar-refractivity contribution in [2.75, 3.05) is 5.73 Å². The molecule has 0 fully saturated rings. The second-order valence-electron chi connectivity index (χ2n) is 7.11. The van der Waals surface area contributed by atoms with Crippen LogP contribution in [0.4, 0.5) is 5.82 Å². The Labute approximate surface area is 172 Å². The Bertz CT molecular complexity index is 1360. The van der Waals surface area contributed by atoms with Crippen molar-refractivity contribution in [3.05, 3.63) is 66.1 Å². The van der Waals surface area contributed by atoms with Crippen molar-refractivity contribution in [3.8, 4) is 33.8 Å². The van der Waals surface area contributed by atoms with Gasteiger partial charge in [0.05, 0.1) is 16.8 Å². The molecule has 0 radical (unpaired) electrons. The Morgan fingerprint density at radius 1 is 0.867 bits per heavy atom. The number of aromatic amines is 1. The first-order valence-corrected chi connectivity index (χ1v) is 9.43. The van der Waals surface area contributed by atoms with Crippen LogP contribution in [0.15, 0.2) is 54.9 Å². The van der Waals surface area contributed by atoms with Crippen LogP contribution >= 0.6 is 0 Å². The Balaban J connectivity index is 1.79. The van der Waals surface area contributed by atoms with Crippen molar-refractivity contribution in [2.45, 2.75) is 13.8 Å². The predicted molar refractivity (Wildman–Crippen MR) is 115 cm³/mol. The van der Waals surface area contributed by atoms with E-state index in [-0.39, 0.29) is 0 Å². The van der Waals surface area contributed by atoms with Crippen LogP contribution in [-0.4, -0.2) is 35.6 Å². The van der Waals surface area contributed by atoms with E-state index in [1.807, 2.05) is 37.3 Å². The third-order valence-corrected chi connectivity index (χ3v) is 5.11. The number of H-pyrrole nitrogens is 1. The first-order chi connectivity index (χ1) is 14.6. The molecular formula is C22H18N8. The van der Waals surface area contributed by atoms with Crippen molar-refractivity contribution >= 4 is 16.7 Å². The number of hydrogen-bond donors (Lipinski definition) is 2. The van der Waals surface area contributed by atoms with Gasteiger partial charge in [-0.25, -0.2) is 15.0 Å². The van der Waals surface area contributed by atoms with Crippen molar-refractivity contribution in [3.63, 3.8) is 0 Å². The normalized spacial score (nSPS) is 11.1. The monoisotopic (exact) mass is 394 g/mol. The number of tetrazole rings is 1. The molecular weight excluding hydrogens is 376 g/mol. The molecule has 5 rings (SSSR count). The molecule has 2 aromatic carbocycles. The molecule has 0 unspecified atom stereocenters. The highest BCUT2D eigenvalue weighted by Gasteiger charge is 2.17. The molecule has 8 heteroatoms. The Hall–Kier alpha value is -4.20. The number of nitrogen functional groups attached to an aromatic ring is 1. The Kier molecular flexibility index (Phi) is 4.17. The number of pyridine rings is 1. The number of rotatable bonds is 3. The fourth-order valence-corrected chi connectivity index (χ4v) is 3.49. The second kappa shape index (κ2) is 7.00. The lowest BCUT2D eigenvalue weighted by atomic mass is 9.95. The topological polar surface area (TPSA) is 119 Å². The molecule has 0 bridgehead atoms. The molecule has 0 saturated heterocycles. The van der Waals surface area contributed by atoms with Gasteiger partial charge in [-0.2, -0.15) is 5.21 Å². The standard InChI is InChI=1S/C22H18N8/c1-12-3-5-14(6-4-12)20-17(10-18(21(23)26-20)22-27-29-30-28-22)15-7-8-19-16(9-15)13(2)24-11-25-19/h3-11H,1-2H3,(H2,23,26)(H,27,28,29,30). The summed E-state index contributed by atoms with van der Waals surface area (Å²) in [6.07, 6.45) is 1.58. The van der Waals surface area contributed by atoms with Gasteiger partial charge < -0.3 is 5.73 Å². The van der Waals surface area contributed by atoms with Gasteiger partial charge in [0.1, 0.15) is 12.1 Å². The molecule has 5 aromatic rings. The summed E-state index contributed by atoms with van der Waals surface area (Å²) in [4.78, 5) is 13.4. The van der Waals surface area contributed by atoms with E-state index in [4.69, 9.17) is 10.7 Å². The molecule has 30 heavy (non-hydrogen) atoms. The van der Waals surface area contributed by atoms with Gasteiger partial charge in [0, 0.05) is 22.2 Å². The highest BCUT2D eigenvalue weighted by Crippen LogP contribution is 2.37. The summed E-state index contributed by atoms with van der Waals surface area (Å²) in [6.45, 7) is 4.03. The summed E-state index contributed by atoms with van der Waals surface area (Å²) in [5.41, 5.74) is 13.6. The maximum absolute atomic E-state index is 6.29. The predicted octanol–water partition coefficient (Wildman–Crippen LogP) is 3.74. The van der Waals surface area contributed by atoms with E-state index in [0.29, 0.717) is 17.2 Å². The molecule has 0 aliphatic carbocycles. The van der Waals surface area contributed by atoms with Gasteiger partial charge in [0.15, 0.2) is 0 Å². The summed E-state index contributed by atoms with van der Waals surface area (Å²) in [5, 5.41) is 15.3. The molecule has 3 aromatic heterocycles. The Morgan fingerprint density at radius 2 is 1.67 bits per heavy atom. The van der Waals surface area contributed by atoms with Crippen molar-refractivity contribution in [1.82, 2.24) is 35.6 Å². The number of fused-ring (bicyclic) bond motifs is 1. The summed E-state index contributed by atoms with van der Waals surface area (Å²) >= 11 is 0. The van der Waals surface area contributed by atoms with Gasteiger partial charge in [-0.1, -0.05) is 35.9 Å². The maximum Gasteiger partial charge on any atom is 0.208 e. The van der Waals surface area contributed by atoms with Crippen molar-refractivity contribution in [2.24, 2.45) is 0 Å². The number of nitrogens with one attached hydrogen (secondary N) is 1. The molecule has 0 atom stereocenters. The van der Waals surface area contributed by atoms with Crippen molar-refractivity contribution in [1.29, 1.82) is 0 Å². The van der Waals surface area contributed by atoms with Gasteiger partial charge in [-0.15, -0.1) is 10.2 Å². The second-order valence-corrected chi connectivity index (χ2v) is 7.11. The van der Waals surface area contributed by atoms with Gasteiger partial charge in [0.25, 0.3) is 0 Å². The quantitative estimate of drug-likeness (QED) is 0.478. The zero-order valence-electron chi connectivity index (χ0n) is 16.5. The van der Waals surface area contributed by atoms with E-state index in [1.54, 1.807) is 6.33 Å². The molecule has 146 valence electrons. The molecule has 0 spiro atoms. The van der Waals surface area contributed by atoms with Gasteiger partial charge in [0.2, 0.25) is 5.82 Å². The lowest BCUT2D eigenvalue weighted by molar-refractivity contribution is 0.881. The van der Waals surface area contributed by atoms with E-state index in [9.17, 15) is 0 Å². The minimum Gasteiger partial charge on any atom is -0.383 e. The molecule has 0 saturated carbocycles. The van der Waals surface area contributed by atoms with Crippen LogP contribution in [0.2, 0.25) is 0 Å². The molecule has 3 heterocycles. The van der Waals surface area contributed by atoms with Crippen LogP contribution in [0, 0.1) is 13.8 Å². The van der Waals surface area contributed by atoms with Gasteiger partial charge >= 0.3 is 0 Å². The third-order valence-electron chi connectivity index (χ3n) is 5.11. The fourth-order valence-electron chi connectivity index (χ4n) is 3.49. The van der Waals surface area contributed by atoms with E-state index in [2.05, 4.69) is 55.7 Å². The lowest BCUT2D eigenvalue weighted by Gasteiger charge is -2.14. The summed E-state index contributed by atoms with van der Waals surface area (Å²) < 4.78 is 0. The highest BCUT2D eigenvalue weighted by atomic mass is 15.5. The summed E-state index contributed by atoms with van der Waals surface area (Å²) in [5.74, 6) is 0.744. The highest BCUT2D eigenvalue weighted by molar-refractivity contribution is 5.92. The lowest BCUT2D eigenvalue weighted by Crippen LogP contribution is -2.00. The number of aryl methyl sites for hydroxylation is 2. The number of benzene rings is 2. The number of nitrogens with zero attached hydrogens (tertiary/aromatic N) is 6. The minimum atomic E-state index is 0.344. The third kappa shape index (κ3) is 3.04. The zero-order valence-corrected chi connectivity index (χ0v) is 16.5. The Morgan fingerprint density at radius 3 is 2.43 bits per heavy atom. The van der Waals surface area contributed by atoms with E-state index >= 15 is 0 Å². The van der Waals surface area contributed by atoms with Crippen molar-refractivity contribution < 1.29 is 0 Å². The van der Waals surface area contributed by atoms with Gasteiger partial charge in [-0.3, -0.25) is 0 Å².